The minimum atomic E-state index is -0.464. The summed E-state index contributed by atoms with van der Waals surface area (Å²) in [5, 5.41) is 0. The Hall–Kier alpha value is -1.36. The van der Waals surface area contributed by atoms with Gasteiger partial charge in [-0.1, -0.05) is 6.58 Å². The van der Waals surface area contributed by atoms with E-state index >= 15 is 0 Å². The van der Waals surface area contributed by atoms with Gasteiger partial charge in [0.2, 0.25) is 0 Å². The number of rotatable bonds is 5. The highest BCUT2D eigenvalue weighted by Crippen LogP contribution is 2.46. The van der Waals surface area contributed by atoms with Gasteiger partial charge >= 0.3 is 11.9 Å². The van der Waals surface area contributed by atoms with Crippen LogP contribution in [0.25, 0.3) is 0 Å². The summed E-state index contributed by atoms with van der Waals surface area (Å²) in [7, 11) is 0. The molecule has 1 aliphatic heterocycles. The van der Waals surface area contributed by atoms with Crippen LogP contribution in [0.15, 0.2) is 12.2 Å². The maximum Gasteiger partial charge on any atom is 0.333 e. The number of esters is 2. The first-order valence-electron chi connectivity index (χ1n) is 6.58. The molecule has 5 heteroatoms. The van der Waals surface area contributed by atoms with Gasteiger partial charge in [0.1, 0.15) is 13.2 Å². The quantitative estimate of drug-likeness (QED) is 0.328. The van der Waals surface area contributed by atoms with E-state index < -0.39 is 11.4 Å². The smallest absolute Gasteiger partial charge is 0.333 e. The molecule has 19 heavy (non-hydrogen) atoms. The number of ether oxygens (including phenoxy) is 3. The van der Waals surface area contributed by atoms with Crippen molar-refractivity contribution in [3.8, 4) is 0 Å². The lowest BCUT2D eigenvalue weighted by Gasteiger charge is -2.28. The van der Waals surface area contributed by atoms with Crippen LogP contribution in [0, 0.1) is 5.41 Å². The van der Waals surface area contributed by atoms with Gasteiger partial charge in [-0.15, -0.1) is 0 Å². The second kappa shape index (κ2) is 5.33. The molecule has 2 fully saturated rings. The Morgan fingerprint density at radius 1 is 1.32 bits per heavy atom. The van der Waals surface area contributed by atoms with Crippen molar-refractivity contribution in [2.45, 2.75) is 45.3 Å². The number of hydrogen-bond donors (Lipinski definition) is 0. The minimum absolute atomic E-state index is 0.0655. The molecule has 0 amide bonds. The average Bonchev–Trinajstić information content (AvgIpc) is 3.11. The van der Waals surface area contributed by atoms with Gasteiger partial charge in [-0.25, -0.2) is 4.79 Å². The molecular formula is C14H20O5. The Balaban J connectivity index is 1.69. The van der Waals surface area contributed by atoms with E-state index in [1.165, 1.54) is 0 Å². The van der Waals surface area contributed by atoms with Crippen LogP contribution in [0.2, 0.25) is 0 Å². The van der Waals surface area contributed by atoms with Gasteiger partial charge in [0, 0.05) is 5.57 Å². The normalized spacial score (nSPS) is 32.1. The maximum absolute atomic E-state index is 12.0. The Labute approximate surface area is 112 Å². The molecule has 0 spiro atoms. The van der Waals surface area contributed by atoms with E-state index in [0.717, 1.165) is 19.3 Å². The number of hydrogen-bond acceptors (Lipinski definition) is 5. The number of epoxide rings is 1. The molecule has 0 radical (unpaired) electrons. The molecule has 0 bridgehead atoms. The predicted molar refractivity (Wildman–Crippen MR) is 67.4 cm³/mol. The lowest BCUT2D eigenvalue weighted by atomic mass is 9.76. The van der Waals surface area contributed by atoms with E-state index in [2.05, 4.69) is 6.58 Å². The highest BCUT2D eigenvalue weighted by Gasteiger charge is 2.52. The van der Waals surface area contributed by atoms with E-state index in [4.69, 9.17) is 14.2 Å². The standard InChI is InChI=1S/C14H20O5/c1-9(2)12(15)17-6-7-18-13(16)14(3)5-4-10-11(8-14)19-10/h10-11H,1,4-8H2,2-3H3. The first kappa shape index (κ1) is 14.1. The van der Waals surface area contributed by atoms with Crippen molar-refractivity contribution in [3.63, 3.8) is 0 Å². The summed E-state index contributed by atoms with van der Waals surface area (Å²) in [6.45, 7) is 7.10. The summed E-state index contributed by atoms with van der Waals surface area (Å²) in [5.41, 5.74) is -0.127. The average molecular weight is 268 g/mol. The molecule has 1 heterocycles. The van der Waals surface area contributed by atoms with Crippen LogP contribution in [0.3, 0.4) is 0 Å². The van der Waals surface area contributed by atoms with Crippen LogP contribution < -0.4 is 0 Å². The van der Waals surface area contributed by atoms with Crippen LogP contribution >= 0.6 is 0 Å². The molecule has 0 aromatic heterocycles. The zero-order valence-electron chi connectivity index (χ0n) is 11.4. The van der Waals surface area contributed by atoms with Gasteiger partial charge in [0.25, 0.3) is 0 Å². The Morgan fingerprint density at radius 3 is 2.63 bits per heavy atom. The monoisotopic (exact) mass is 268 g/mol. The summed E-state index contributed by atoms with van der Waals surface area (Å²) < 4.78 is 15.5. The van der Waals surface area contributed by atoms with Crippen molar-refractivity contribution in [1.29, 1.82) is 0 Å². The molecule has 1 aliphatic carbocycles. The van der Waals surface area contributed by atoms with Crippen LogP contribution in [0.5, 0.6) is 0 Å². The largest absolute Gasteiger partial charge is 0.462 e. The summed E-state index contributed by atoms with van der Waals surface area (Å²) >= 11 is 0. The van der Waals surface area contributed by atoms with Gasteiger partial charge in [0.05, 0.1) is 17.6 Å². The maximum atomic E-state index is 12.0. The van der Waals surface area contributed by atoms with Crippen LogP contribution in [-0.4, -0.2) is 37.4 Å². The van der Waals surface area contributed by atoms with Crippen molar-refractivity contribution < 1.29 is 23.8 Å². The van der Waals surface area contributed by atoms with Gasteiger partial charge < -0.3 is 14.2 Å². The molecule has 1 saturated carbocycles. The molecule has 106 valence electrons. The summed E-state index contributed by atoms with van der Waals surface area (Å²) in [5.74, 6) is -0.693. The first-order chi connectivity index (χ1) is 8.92. The van der Waals surface area contributed by atoms with E-state index in [9.17, 15) is 9.59 Å². The molecule has 3 atom stereocenters. The fraction of sp³-hybridized carbons (Fsp3) is 0.714. The van der Waals surface area contributed by atoms with Crippen molar-refractivity contribution in [2.24, 2.45) is 5.41 Å². The molecule has 5 nitrogen and oxygen atoms in total. The molecule has 2 rings (SSSR count). The van der Waals surface area contributed by atoms with E-state index in [1.54, 1.807) is 6.92 Å². The van der Waals surface area contributed by atoms with Crippen LogP contribution in [0.1, 0.15) is 33.1 Å². The van der Waals surface area contributed by atoms with Crippen molar-refractivity contribution in [2.75, 3.05) is 13.2 Å². The van der Waals surface area contributed by atoms with Crippen LogP contribution in [0.4, 0.5) is 0 Å². The van der Waals surface area contributed by atoms with E-state index in [-0.39, 0.29) is 25.3 Å². The van der Waals surface area contributed by atoms with Gasteiger partial charge in [-0.05, 0) is 33.1 Å². The van der Waals surface area contributed by atoms with Crippen molar-refractivity contribution >= 4 is 11.9 Å². The minimum Gasteiger partial charge on any atom is -0.462 e. The van der Waals surface area contributed by atoms with Crippen molar-refractivity contribution in [1.82, 2.24) is 0 Å². The summed E-state index contributed by atoms with van der Waals surface area (Å²) in [6.07, 6.45) is 3.02. The van der Waals surface area contributed by atoms with Gasteiger partial charge in [-0.3, -0.25) is 4.79 Å². The van der Waals surface area contributed by atoms with Gasteiger partial charge in [0.15, 0.2) is 0 Å². The summed E-state index contributed by atoms with van der Waals surface area (Å²) in [4.78, 5) is 23.1. The Morgan fingerprint density at radius 2 is 2.00 bits per heavy atom. The Kier molecular flexibility index (Phi) is 3.94. The highest BCUT2D eigenvalue weighted by molar-refractivity contribution is 5.86. The third-order valence-corrected chi connectivity index (χ3v) is 3.71. The summed E-state index contributed by atoms with van der Waals surface area (Å²) in [6, 6.07) is 0. The topological polar surface area (TPSA) is 65.1 Å². The molecule has 0 N–H and O–H groups in total. The second-order valence-corrected chi connectivity index (χ2v) is 5.57. The number of fused-ring (bicyclic) bond motifs is 1. The van der Waals surface area contributed by atoms with E-state index in [1.807, 2.05) is 6.92 Å². The molecule has 2 aliphatic rings. The SMILES string of the molecule is C=C(C)C(=O)OCCOC(=O)C1(C)CCC2OC2C1. The molecule has 0 aromatic carbocycles. The Bertz CT molecular complexity index is 403. The van der Waals surface area contributed by atoms with Crippen molar-refractivity contribution in [3.05, 3.63) is 12.2 Å². The highest BCUT2D eigenvalue weighted by atomic mass is 16.6. The lowest BCUT2D eigenvalue weighted by molar-refractivity contribution is -0.160. The fourth-order valence-corrected chi connectivity index (χ4v) is 2.37. The molecule has 1 saturated heterocycles. The zero-order valence-corrected chi connectivity index (χ0v) is 11.4. The number of carbonyl (C=O) groups excluding carboxylic acids is 2. The molecular weight excluding hydrogens is 248 g/mol. The predicted octanol–water partition coefficient (Wildman–Crippen LogP) is 1.61. The third kappa shape index (κ3) is 3.35. The third-order valence-electron chi connectivity index (χ3n) is 3.71. The fourth-order valence-electron chi connectivity index (χ4n) is 2.37. The zero-order chi connectivity index (χ0) is 14.0. The van der Waals surface area contributed by atoms with Gasteiger partial charge in [-0.2, -0.15) is 0 Å². The van der Waals surface area contributed by atoms with E-state index in [0.29, 0.717) is 11.7 Å². The second-order valence-electron chi connectivity index (χ2n) is 5.57. The molecule has 3 unspecified atom stereocenters. The van der Waals surface area contributed by atoms with Crippen LogP contribution in [-0.2, 0) is 23.8 Å². The molecule has 0 aromatic rings. The number of carbonyl (C=O) groups is 2. The first-order valence-corrected chi connectivity index (χ1v) is 6.58. The lowest BCUT2D eigenvalue weighted by Crippen LogP contribution is -2.35.